The molecule has 0 fully saturated rings. The molecule has 0 spiro atoms. The van der Waals surface area contributed by atoms with Crippen LogP contribution in [0.15, 0.2) is 16.9 Å². The lowest BCUT2D eigenvalue weighted by Crippen LogP contribution is -2.23. The lowest BCUT2D eigenvalue weighted by Gasteiger charge is -2.08. The number of esters is 1. The highest BCUT2D eigenvalue weighted by atomic mass is 35.5. The molecule has 100 valence electrons. The molecule has 0 aliphatic heterocycles. The molecular formula is C10H8Cl2N4O3. The predicted molar refractivity (Wildman–Crippen MR) is 68.0 cm³/mol. The molecule has 9 heteroatoms. The van der Waals surface area contributed by atoms with Crippen molar-refractivity contribution in [2.24, 2.45) is 7.05 Å². The average Bonchev–Trinajstić information content (AvgIpc) is 2.70. The Labute approximate surface area is 117 Å². The van der Waals surface area contributed by atoms with Crippen LogP contribution in [0.25, 0.3) is 5.69 Å². The number of benzene rings is 1. The maximum Gasteiger partial charge on any atom is 0.368 e. The molecule has 1 heterocycles. The molecule has 0 atom stereocenters. The van der Waals surface area contributed by atoms with Gasteiger partial charge in [-0.05, 0) is 22.6 Å². The van der Waals surface area contributed by atoms with Gasteiger partial charge in [-0.3, -0.25) is 0 Å². The molecule has 0 bridgehead atoms. The van der Waals surface area contributed by atoms with Crippen molar-refractivity contribution in [1.29, 1.82) is 0 Å². The highest BCUT2D eigenvalue weighted by molar-refractivity contribution is 6.39. The van der Waals surface area contributed by atoms with Gasteiger partial charge in [0.15, 0.2) is 0 Å². The summed E-state index contributed by atoms with van der Waals surface area (Å²) in [7, 11) is 2.65. The van der Waals surface area contributed by atoms with Crippen LogP contribution in [-0.2, 0) is 11.8 Å². The Morgan fingerprint density at radius 2 is 2.00 bits per heavy atom. The number of rotatable bonds is 2. The number of hydrogen-bond donors (Lipinski definition) is 0. The molecule has 0 saturated heterocycles. The van der Waals surface area contributed by atoms with Crippen LogP contribution < -0.4 is 5.69 Å². The van der Waals surface area contributed by atoms with E-state index >= 15 is 0 Å². The normalized spacial score (nSPS) is 10.5. The van der Waals surface area contributed by atoms with Gasteiger partial charge in [0, 0.05) is 7.05 Å². The van der Waals surface area contributed by atoms with Gasteiger partial charge in [-0.15, -0.1) is 0 Å². The number of aryl methyl sites for hydroxylation is 1. The molecule has 0 unspecified atom stereocenters. The molecule has 0 saturated carbocycles. The highest BCUT2D eigenvalue weighted by Crippen LogP contribution is 2.30. The van der Waals surface area contributed by atoms with Gasteiger partial charge < -0.3 is 4.74 Å². The van der Waals surface area contributed by atoms with E-state index in [0.717, 1.165) is 9.36 Å². The van der Waals surface area contributed by atoms with Gasteiger partial charge in [-0.2, -0.15) is 9.36 Å². The van der Waals surface area contributed by atoms with E-state index in [1.54, 1.807) is 0 Å². The number of carbonyl (C=O) groups excluding carboxylic acids is 1. The second-order valence-corrected chi connectivity index (χ2v) is 4.33. The van der Waals surface area contributed by atoms with E-state index in [0.29, 0.717) is 0 Å². The van der Waals surface area contributed by atoms with E-state index in [-0.39, 0.29) is 21.3 Å². The summed E-state index contributed by atoms with van der Waals surface area (Å²) < 4.78 is 6.51. The molecule has 1 aromatic heterocycles. The third kappa shape index (κ3) is 2.22. The van der Waals surface area contributed by atoms with E-state index in [1.807, 2.05) is 0 Å². The summed E-state index contributed by atoms with van der Waals surface area (Å²) >= 11 is 12.1. The maximum atomic E-state index is 11.8. The van der Waals surface area contributed by atoms with E-state index in [1.165, 1.54) is 26.3 Å². The number of carbonyl (C=O) groups is 1. The quantitative estimate of drug-likeness (QED) is 0.775. The molecule has 19 heavy (non-hydrogen) atoms. The first-order valence-electron chi connectivity index (χ1n) is 5.03. The minimum Gasteiger partial charge on any atom is -0.465 e. The Hall–Kier alpha value is -1.86. The molecule has 1 aromatic carbocycles. The fraction of sp³-hybridized carbons (Fsp3) is 0.200. The van der Waals surface area contributed by atoms with Gasteiger partial charge in [-0.1, -0.05) is 23.2 Å². The van der Waals surface area contributed by atoms with Crippen LogP contribution >= 0.6 is 23.2 Å². The smallest absolute Gasteiger partial charge is 0.368 e. The topological polar surface area (TPSA) is 79.0 Å². The van der Waals surface area contributed by atoms with Gasteiger partial charge in [0.25, 0.3) is 0 Å². The van der Waals surface area contributed by atoms with Crippen molar-refractivity contribution in [2.75, 3.05) is 7.11 Å². The Morgan fingerprint density at radius 1 is 1.32 bits per heavy atom. The van der Waals surface area contributed by atoms with Crippen LogP contribution in [0.3, 0.4) is 0 Å². The van der Waals surface area contributed by atoms with Crippen molar-refractivity contribution in [1.82, 2.24) is 19.8 Å². The zero-order valence-corrected chi connectivity index (χ0v) is 11.4. The summed E-state index contributed by atoms with van der Waals surface area (Å²) in [5.41, 5.74) is -0.365. The van der Waals surface area contributed by atoms with Gasteiger partial charge in [0.1, 0.15) is 5.69 Å². The van der Waals surface area contributed by atoms with Crippen LogP contribution in [0.1, 0.15) is 10.4 Å². The first-order chi connectivity index (χ1) is 8.97. The van der Waals surface area contributed by atoms with Crippen molar-refractivity contribution in [3.05, 3.63) is 38.2 Å². The van der Waals surface area contributed by atoms with Crippen molar-refractivity contribution >= 4 is 29.2 Å². The molecule has 7 nitrogen and oxygen atoms in total. The van der Waals surface area contributed by atoms with Gasteiger partial charge in [-0.25, -0.2) is 9.59 Å². The van der Waals surface area contributed by atoms with E-state index < -0.39 is 11.7 Å². The monoisotopic (exact) mass is 302 g/mol. The van der Waals surface area contributed by atoms with Crippen molar-refractivity contribution in [2.45, 2.75) is 0 Å². The second kappa shape index (κ2) is 5.02. The third-order valence-corrected chi connectivity index (χ3v) is 3.09. The van der Waals surface area contributed by atoms with Crippen LogP contribution in [0.2, 0.25) is 10.0 Å². The lowest BCUT2D eigenvalue weighted by molar-refractivity contribution is 0.0601. The molecule has 2 aromatic rings. The number of halogens is 2. The number of ether oxygens (including phenoxy) is 1. The van der Waals surface area contributed by atoms with Crippen molar-refractivity contribution in [3.8, 4) is 5.69 Å². The van der Waals surface area contributed by atoms with Gasteiger partial charge >= 0.3 is 11.7 Å². The Kier molecular flexibility index (Phi) is 3.59. The first-order valence-corrected chi connectivity index (χ1v) is 5.78. The van der Waals surface area contributed by atoms with Crippen LogP contribution in [0, 0.1) is 0 Å². The minimum atomic E-state index is -0.639. The third-order valence-electron chi connectivity index (χ3n) is 2.41. The maximum absolute atomic E-state index is 11.8. The predicted octanol–water partition coefficient (Wildman–Crippen LogP) is 1.06. The minimum absolute atomic E-state index is 0.0260. The van der Waals surface area contributed by atoms with E-state index in [4.69, 9.17) is 23.2 Å². The molecule has 0 radical (unpaired) electrons. The summed E-state index contributed by atoms with van der Waals surface area (Å²) in [6.07, 6.45) is 0. The standard InChI is InChI=1S/C10H8Cl2N4O3/c1-15-10(18)16(14-13-15)8-6(11)4-3-5(7(8)12)9(17)19-2/h3-4H,1-2H3. The highest BCUT2D eigenvalue weighted by Gasteiger charge is 2.20. The largest absolute Gasteiger partial charge is 0.465 e. The van der Waals surface area contributed by atoms with Gasteiger partial charge in [0.2, 0.25) is 0 Å². The van der Waals surface area contributed by atoms with Crippen LogP contribution in [-0.4, -0.2) is 32.9 Å². The molecule has 2 rings (SSSR count). The fourth-order valence-corrected chi connectivity index (χ4v) is 2.06. The molecule has 0 aliphatic carbocycles. The summed E-state index contributed by atoms with van der Waals surface area (Å²) in [4.78, 5) is 23.3. The van der Waals surface area contributed by atoms with Crippen molar-refractivity contribution < 1.29 is 9.53 Å². The van der Waals surface area contributed by atoms with E-state index in [9.17, 15) is 9.59 Å². The number of tetrazole rings is 1. The number of nitrogens with zero attached hydrogens (tertiary/aromatic N) is 4. The lowest BCUT2D eigenvalue weighted by atomic mass is 10.2. The summed E-state index contributed by atoms with van der Waals surface area (Å²) in [5, 5.41) is 7.32. The summed E-state index contributed by atoms with van der Waals surface area (Å²) in [6.45, 7) is 0. The number of methoxy groups -OCH3 is 1. The molecular weight excluding hydrogens is 295 g/mol. The number of hydrogen-bond acceptors (Lipinski definition) is 5. The fourth-order valence-electron chi connectivity index (χ4n) is 1.46. The molecule has 0 amide bonds. The summed E-state index contributed by atoms with van der Waals surface area (Å²) in [6, 6.07) is 2.83. The Morgan fingerprint density at radius 3 is 2.53 bits per heavy atom. The SMILES string of the molecule is COC(=O)c1ccc(Cl)c(-n2nnn(C)c2=O)c1Cl. The van der Waals surface area contributed by atoms with Crippen LogP contribution in [0.4, 0.5) is 0 Å². The second-order valence-electron chi connectivity index (χ2n) is 3.55. The number of aromatic nitrogens is 4. The van der Waals surface area contributed by atoms with Crippen molar-refractivity contribution in [3.63, 3.8) is 0 Å². The van der Waals surface area contributed by atoms with E-state index in [2.05, 4.69) is 15.2 Å². The van der Waals surface area contributed by atoms with Crippen LogP contribution in [0.5, 0.6) is 0 Å². The molecule has 0 N–H and O–H groups in total. The Bertz CT molecular complexity index is 707. The molecule has 0 aliphatic rings. The first kappa shape index (κ1) is 13.6. The Balaban J connectivity index is 2.73. The zero-order valence-electron chi connectivity index (χ0n) is 9.92. The zero-order chi connectivity index (χ0) is 14.2. The summed E-state index contributed by atoms with van der Waals surface area (Å²) in [5.74, 6) is -0.639. The van der Waals surface area contributed by atoms with Gasteiger partial charge in [0.05, 0.1) is 22.7 Å². The average molecular weight is 303 g/mol.